The van der Waals surface area contributed by atoms with Crippen LogP contribution in [-0.2, 0) is 0 Å². The molecule has 0 amide bonds. The summed E-state index contributed by atoms with van der Waals surface area (Å²) in [5.41, 5.74) is 12.7. The normalized spacial score (nSPS) is 13.8. The van der Waals surface area contributed by atoms with Crippen molar-refractivity contribution in [2.24, 2.45) is 0 Å². The number of hydrogen-bond acceptors (Lipinski definition) is 6. The van der Waals surface area contributed by atoms with Gasteiger partial charge in [0.05, 0.1) is 24.5 Å². The summed E-state index contributed by atoms with van der Waals surface area (Å²) in [5.74, 6) is 3.57. The first-order chi connectivity index (χ1) is 14.6. The van der Waals surface area contributed by atoms with Gasteiger partial charge in [0.1, 0.15) is 0 Å². The van der Waals surface area contributed by atoms with Crippen LogP contribution in [0.3, 0.4) is 0 Å². The summed E-state index contributed by atoms with van der Waals surface area (Å²) in [6.45, 7) is 5.60. The molecule has 0 saturated carbocycles. The van der Waals surface area contributed by atoms with Crippen molar-refractivity contribution in [1.29, 1.82) is 5.41 Å². The van der Waals surface area contributed by atoms with Gasteiger partial charge >= 0.3 is 0 Å². The Hall–Kier alpha value is -3.56. The van der Waals surface area contributed by atoms with Gasteiger partial charge in [0.15, 0.2) is 5.75 Å². The number of anilines is 2. The largest absolute Gasteiger partial charge is 0.493 e. The minimum atomic E-state index is 0.554. The Morgan fingerprint density at radius 1 is 1.30 bits per heavy atom. The van der Waals surface area contributed by atoms with E-state index in [4.69, 9.17) is 22.3 Å². The predicted molar refractivity (Wildman–Crippen MR) is 124 cm³/mol. The van der Waals surface area contributed by atoms with Gasteiger partial charge in [-0.2, -0.15) is 0 Å². The average Bonchev–Trinajstić information content (AvgIpc) is 2.79. The SMILES string of the molecule is C#Cc1cc2c(N3CCNCC3)c(OC)cnc2cc1-c1c(C)ccc(N)c1C=N. The van der Waals surface area contributed by atoms with Gasteiger partial charge in [-0.25, -0.2) is 0 Å². The monoisotopic (exact) mass is 399 g/mol. The van der Waals surface area contributed by atoms with Crippen LogP contribution < -0.4 is 20.7 Å². The number of nitrogens with zero attached hydrogens (tertiary/aromatic N) is 2. The maximum atomic E-state index is 7.88. The van der Waals surface area contributed by atoms with Crippen LogP contribution in [0.4, 0.5) is 11.4 Å². The molecule has 0 radical (unpaired) electrons. The molecule has 152 valence electrons. The van der Waals surface area contributed by atoms with Crippen molar-refractivity contribution in [3.8, 4) is 29.2 Å². The standard InChI is InChI=1S/C24H25N5O/c1-4-16-11-18-21(12-17(16)23-15(2)5-6-20(26)19(23)13-25)28-14-22(30-3)24(18)29-9-7-27-8-10-29/h1,5-6,11-14,25,27H,7-10,26H2,2-3H3. The van der Waals surface area contributed by atoms with Crippen molar-refractivity contribution < 1.29 is 4.74 Å². The minimum Gasteiger partial charge on any atom is -0.493 e. The molecule has 3 aromatic rings. The van der Waals surface area contributed by atoms with Crippen LogP contribution >= 0.6 is 0 Å². The molecular formula is C24H25N5O. The van der Waals surface area contributed by atoms with Gasteiger partial charge in [0.2, 0.25) is 0 Å². The molecule has 1 aliphatic rings. The Balaban J connectivity index is 2.01. The molecule has 4 N–H and O–H groups in total. The molecule has 0 unspecified atom stereocenters. The van der Waals surface area contributed by atoms with Gasteiger partial charge in [-0.3, -0.25) is 4.98 Å². The summed E-state index contributed by atoms with van der Waals surface area (Å²) in [6, 6.07) is 7.79. The maximum Gasteiger partial charge on any atom is 0.161 e. The number of fused-ring (bicyclic) bond motifs is 1. The smallest absolute Gasteiger partial charge is 0.161 e. The highest BCUT2D eigenvalue weighted by atomic mass is 16.5. The van der Waals surface area contributed by atoms with E-state index in [1.54, 1.807) is 13.3 Å². The molecule has 0 spiro atoms. The Morgan fingerprint density at radius 3 is 2.73 bits per heavy atom. The van der Waals surface area contributed by atoms with Crippen LogP contribution in [0.2, 0.25) is 0 Å². The van der Waals surface area contributed by atoms with Crippen molar-refractivity contribution in [2.45, 2.75) is 6.92 Å². The van der Waals surface area contributed by atoms with E-state index in [2.05, 4.69) is 21.1 Å². The molecule has 1 fully saturated rings. The summed E-state index contributed by atoms with van der Waals surface area (Å²) in [5, 5.41) is 12.2. The number of aromatic nitrogens is 1. The highest BCUT2D eigenvalue weighted by molar-refractivity contribution is 6.02. The minimum absolute atomic E-state index is 0.554. The molecule has 6 heteroatoms. The summed E-state index contributed by atoms with van der Waals surface area (Å²) in [6.07, 6.45) is 9.00. The molecule has 2 heterocycles. The molecule has 1 saturated heterocycles. The number of nitrogens with one attached hydrogen (secondary N) is 2. The number of nitrogen functional groups attached to an aromatic ring is 1. The number of hydrogen-bond donors (Lipinski definition) is 3. The van der Waals surface area contributed by atoms with E-state index < -0.39 is 0 Å². The lowest BCUT2D eigenvalue weighted by Gasteiger charge is -2.31. The van der Waals surface area contributed by atoms with Crippen LogP contribution in [0, 0.1) is 24.7 Å². The number of ether oxygens (including phenoxy) is 1. The van der Waals surface area contributed by atoms with Crippen molar-refractivity contribution in [3.63, 3.8) is 0 Å². The lowest BCUT2D eigenvalue weighted by atomic mass is 9.90. The van der Waals surface area contributed by atoms with Crippen molar-refractivity contribution in [1.82, 2.24) is 10.3 Å². The Morgan fingerprint density at radius 2 is 2.07 bits per heavy atom. The van der Waals surface area contributed by atoms with Crippen LogP contribution in [0.1, 0.15) is 16.7 Å². The van der Waals surface area contributed by atoms with E-state index >= 15 is 0 Å². The fourth-order valence-corrected chi connectivity index (χ4v) is 4.15. The van der Waals surface area contributed by atoms with Gasteiger partial charge in [0.25, 0.3) is 0 Å². The Labute approximate surface area is 176 Å². The van der Waals surface area contributed by atoms with E-state index in [1.165, 1.54) is 6.21 Å². The topological polar surface area (TPSA) is 87.3 Å². The molecule has 1 aromatic heterocycles. The quantitative estimate of drug-likeness (QED) is 0.356. The first kappa shape index (κ1) is 19.7. The van der Waals surface area contributed by atoms with Crippen molar-refractivity contribution in [2.75, 3.05) is 43.9 Å². The first-order valence-corrected chi connectivity index (χ1v) is 9.92. The molecule has 0 aliphatic carbocycles. The van der Waals surface area contributed by atoms with Gasteiger partial charge < -0.3 is 26.1 Å². The lowest BCUT2D eigenvalue weighted by Crippen LogP contribution is -2.43. The number of pyridine rings is 1. The predicted octanol–water partition coefficient (Wildman–Crippen LogP) is 3.19. The fourth-order valence-electron chi connectivity index (χ4n) is 4.15. The molecule has 4 rings (SSSR count). The third kappa shape index (κ3) is 3.23. The van der Waals surface area contributed by atoms with Crippen LogP contribution in [0.5, 0.6) is 5.75 Å². The summed E-state index contributed by atoms with van der Waals surface area (Å²) < 4.78 is 5.64. The number of methoxy groups -OCH3 is 1. The van der Waals surface area contributed by atoms with Crippen LogP contribution in [-0.4, -0.2) is 44.5 Å². The number of piperazine rings is 1. The second kappa shape index (κ2) is 8.05. The zero-order chi connectivity index (χ0) is 21.3. The highest BCUT2D eigenvalue weighted by Crippen LogP contribution is 2.40. The second-order valence-electron chi connectivity index (χ2n) is 7.38. The lowest BCUT2D eigenvalue weighted by molar-refractivity contribution is 0.412. The molecule has 30 heavy (non-hydrogen) atoms. The third-order valence-electron chi connectivity index (χ3n) is 5.66. The third-order valence-corrected chi connectivity index (χ3v) is 5.66. The molecule has 6 nitrogen and oxygen atoms in total. The van der Waals surface area contributed by atoms with Gasteiger partial charge in [-0.1, -0.05) is 12.0 Å². The molecule has 1 aliphatic heterocycles. The van der Waals surface area contributed by atoms with Crippen molar-refractivity contribution in [3.05, 3.63) is 47.2 Å². The Kier molecular flexibility index (Phi) is 5.30. The second-order valence-corrected chi connectivity index (χ2v) is 7.38. The van der Waals surface area contributed by atoms with E-state index in [0.717, 1.165) is 70.8 Å². The van der Waals surface area contributed by atoms with E-state index in [0.29, 0.717) is 11.3 Å². The summed E-state index contributed by atoms with van der Waals surface area (Å²) in [7, 11) is 1.66. The van der Waals surface area contributed by atoms with E-state index in [1.807, 2.05) is 31.2 Å². The van der Waals surface area contributed by atoms with Crippen molar-refractivity contribution >= 4 is 28.5 Å². The average molecular weight is 399 g/mol. The van der Waals surface area contributed by atoms with E-state index in [-0.39, 0.29) is 0 Å². The molecule has 2 aromatic carbocycles. The molecular weight excluding hydrogens is 374 g/mol. The number of aryl methyl sites for hydroxylation is 1. The summed E-state index contributed by atoms with van der Waals surface area (Å²) in [4.78, 5) is 6.97. The zero-order valence-electron chi connectivity index (χ0n) is 17.2. The number of nitrogens with two attached hydrogens (primary N) is 1. The number of benzene rings is 2. The molecule has 0 atom stereocenters. The maximum absolute atomic E-state index is 7.88. The number of terminal acetylenes is 1. The van der Waals surface area contributed by atoms with E-state index in [9.17, 15) is 0 Å². The van der Waals surface area contributed by atoms with Gasteiger partial charge in [-0.15, -0.1) is 6.42 Å². The Bertz CT molecular complexity index is 1170. The zero-order valence-corrected chi connectivity index (χ0v) is 17.2. The highest BCUT2D eigenvalue weighted by Gasteiger charge is 2.21. The number of rotatable bonds is 4. The molecule has 0 bridgehead atoms. The van der Waals surface area contributed by atoms with Crippen LogP contribution in [0.15, 0.2) is 30.5 Å². The fraction of sp³-hybridized carbons (Fsp3) is 0.250. The van der Waals surface area contributed by atoms with Crippen LogP contribution in [0.25, 0.3) is 22.0 Å². The summed E-state index contributed by atoms with van der Waals surface area (Å²) >= 11 is 0. The van der Waals surface area contributed by atoms with Gasteiger partial charge in [-0.05, 0) is 36.2 Å². The van der Waals surface area contributed by atoms with Gasteiger partial charge in [0, 0.05) is 60.2 Å². The first-order valence-electron chi connectivity index (χ1n) is 9.92.